The first-order chi connectivity index (χ1) is 10.6. The summed E-state index contributed by atoms with van der Waals surface area (Å²) in [6, 6.07) is 16.6. The number of benzene rings is 2. The van der Waals surface area contributed by atoms with Crippen LogP contribution in [0.25, 0.3) is 0 Å². The second-order valence-electron chi connectivity index (χ2n) is 5.31. The summed E-state index contributed by atoms with van der Waals surface area (Å²) < 4.78 is 5.17. The quantitative estimate of drug-likeness (QED) is 0.824. The molecule has 2 rings (SSSR count). The van der Waals surface area contributed by atoms with Crippen molar-refractivity contribution in [2.45, 2.75) is 26.4 Å². The Balaban J connectivity index is 1.83. The van der Waals surface area contributed by atoms with Crippen LogP contribution in [0.1, 0.15) is 29.7 Å². The van der Waals surface area contributed by atoms with Gasteiger partial charge in [0.15, 0.2) is 5.11 Å². The van der Waals surface area contributed by atoms with Gasteiger partial charge >= 0.3 is 0 Å². The zero-order valence-corrected chi connectivity index (χ0v) is 14.0. The number of aryl methyl sites for hydroxylation is 1. The summed E-state index contributed by atoms with van der Waals surface area (Å²) >= 11 is 5.36. The van der Waals surface area contributed by atoms with Crippen molar-refractivity contribution >= 4 is 17.3 Å². The fraction of sp³-hybridized carbons (Fsp3) is 0.278. The van der Waals surface area contributed by atoms with E-state index in [0.717, 1.165) is 12.3 Å². The molecule has 0 aliphatic carbocycles. The summed E-state index contributed by atoms with van der Waals surface area (Å²) in [5, 5.41) is 7.19. The summed E-state index contributed by atoms with van der Waals surface area (Å²) in [5.41, 5.74) is 3.64. The molecule has 2 aromatic carbocycles. The lowest BCUT2D eigenvalue weighted by Crippen LogP contribution is -2.36. The minimum atomic E-state index is 0.143. The third-order valence-electron chi connectivity index (χ3n) is 3.54. The van der Waals surface area contributed by atoms with E-state index in [1.54, 1.807) is 7.11 Å². The minimum absolute atomic E-state index is 0.143. The van der Waals surface area contributed by atoms with Crippen molar-refractivity contribution < 1.29 is 4.74 Å². The zero-order valence-electron chi connectivity index (χ0n) is 13.2. The van der Waals surface area contributed by atoms with E-state index in [0.29, 0.717) is 5.11 Å². The number of hydrogen-bond acceptors (Lipinski definition) is 2. The molecule has 0 aliphatic heterocycles. The van der Waals surface area contributed by atoms with Crippen molar-refractivity contribution in [3.05, 3.63) is 65.2 Å². The van der Waals surface area contributed by atoms with Crippen LogP contribution >= 0.6 is 12.2 Å². The Morgan fingerprint density at radius 1 is 1.09 bits per heavy atom. The predicted molar refractivity (Wildman–Crippen MR) is 95.2 cm³/mol. The van der Waals surface area contributed by atoms with E-state index in [-0.39, 0.29) is 6.04 Å². The predicted octanol–water partition coefficient (Wildman–Crippen LogP) is 3.73. The van der Waals surface area contributed by atoms with E-state index in [9.17, 15) is 0 Å². The van der Waals surface area contributed by atoms with Gasteiger partial charge in [-0.15, -0.1) is 0 Å². The fourth-order valence-electron chi connectivity index (χ4n) is 2.11. The van der Waals surface area contributed by atoms with Crippen LogP contribution in [0.2, 0.25) is 0 Å². The molecule has 0 aliphatic rings. The maximum Gasteiger partial charge on any atom is 0.167 e. The Labute approximate surface area is 137 Å². The van der Waals surface area contributed by atoms with Gasteiger partial charge in [-0.2, -0.15) is 0 Å². The number of thiocarbonyl (C=S) groups is 1. The number of hydrogen-bond donors (Lipinski definition) is 2. The van der Waals surface area contributed by atoms with Gasteiger partial charge < -0.3 is 15.4 Å². The average Bonchev–Trinajstić information content (AvgIpc) is 2.54. The van der Waals surface area contributed by atoms with Crippen LogP contribution in [0.5, 0.6) is 5.75 Å². The summed E-state index contributed by atoms with van der Waals surface area (Å²) in [7, 11) is 1.67. The van der Waals surface area contributed by atoms with Crippen LogP contribution in [0, 0.1) is 6.92 Å². The van der Waals surface area contributed by atoms with Crippen molar-refractivity contribution in [2.75, 3.05) is 7.11 Å². The molecule has 0 heterocycles. The lowest BCUT2D eigenvalue weighted by molar-refractivity contribution is 0.414. The smallest absolute Gasteiger partial charge is 0.167 e. The highest BCUT2D eigenvalue weighted by Crippen LogP contribution is 2.17. The van der Waals surface area contributed by atoms with Crippen LogP contribution in [0.15, 0.2) is 48.5 Å². The normalized spacial score (nSPS) is 11.6. The molecule has 0 saturated carbocycles. The van der Waals surface area contributed by atoms with E-state index in [1.165, 1.54) is 16.7 Å². The summed E-state index contributed by atoms with van der Waals surface area (Å²) in [6.45, 7) is 4.89. The van der Waals surface area contributed by atoms with E-state index in [1.807, 2.05) is 24.3 Å². The first-order valence-corrected chi connectivity index (χ1v) is 7.73. The Morgan fingerprint density at radius 2 is 1.73 bits per heavy atom. The second kappa shape index (κ2) is 7.80. The van der Waals surface area contributed by atoms with Gasteiger partial charge in [-0.3, -0.25) is 0 Å². The maximum absolute atomic E-state index is 5.36. The Bertz CT molecular complexity index is 608. The highest BCUT2D eigenvalue weighted by atomic mass is 32.1. The minimum Gasteiger partial charge on any atom is -0.497 e. The molecule has 4 heteroatoms. The number of ether oxygens (including phenoxy) is 1. The maximum atomic E-state index is 5.36. The molecule has 0 unspecified atom stereocenters. The standard InChI is InChI=1S/C18H22N2OS/c1-13-4-6-15(7-5-13)12-19-18(22)20-14(2)16-8-10-17(21-3)11-9-16/h4-11,14H,12H2,1-3H3,(H2,19,20,22)/t14-/m1/s1. The molecule has 2 aromatic rings. The van der Waals surface area contributed by atoms with E-state index in [4.69, 9.17) is 17.0 Å². The van der Waals surface area contributed by atoms with Gasteiger partial charge in [-0.25, -0.2) is 0 Å². The van der Waals surface area contributed by atoms with Gasteiger partial charge in [0.25, 0.3) is 0 Å². The highest BCUT2D eigenvalue weighted by Gasteiger charge is 2.07. The van der Waals surface area contributed by atoms with Gasteiger partial charge in [-0.05, 0) is 49.3 Å². The molecule has 0 spiro atoms. The molecule has 3 nitrogen and oxygen atoms in total. The highest BCUT2D eigenvalue weighted by molar-refractivity contribution is 7.80. The lowest BCUT2D eigenvalue weighted by Gasteiger charge is -2.17. The van der Waals surface area contributed by atoms with E-state index in [2.05, 4.69) is 48.7 Å². The molecule has 0 bridgehead atoms. The molecule has 22 heavy (non-hydrogen) atoms. The Hall–Kier alpha value is -2.07. The van der Waals surface area contributed by atoms with Crippen molar-refractivity contribution in [1.29, 1.82) is 0 Å². The monoisotopic (exact) mass is 314 g/mol. The number of rotatable bonds is 5. The third kappa shape index (κ3) is 4.74. The van der Waals surface area contributed by atoms with Gasteiger partial charge in [-0.1, -0.05) is 42.0 Å². The molecule has 0 amide bonds. The lowest BCUT2D eigenvalue weighted by atomic mass is 10.1. The first kappa shape index (κ1) is 16.3. The zero-order chi connectivity index (χ0) is 15.9. The Kier molecular flexibility index (Phi) is 5.78. The van der Waals surface area contributed by atoms with E-state index < -0.39 is 0 Å². The number of nitrogens with one attached hydrogen (secondary N) is 2. The van der Waals surface area contributed by atoms with Crippen LogP contribution in [0.4, 0.5) is 0 Å². The number of methoxy groups -OCH3 is 1. The summed E-state index contributed by atoms with van der Waals surface area (Å²) in [6.07, 6.45) is 0. The molecular weight excluding hydrogens is 292 g/mol. The molecule has 0 fully saturated rings. The molecule has 0 aromatic heterocycles. The molecule has 1 atom stereocenters. The van der Waals surface area contributed by atoms with Crippen molar-refractivity contribution in [3.8, 4) is 5.75 Å². The van der Waals surface area contributed by atoms with Crippen LogP contribution in [-0.2, 0) is 6.54 Å². The topological polar surface area (TPSA) is 33.3 Å². The fourth-order valence-corrected chi connectivity index (χ4v) is 2.36. The van der Waals surface area contributed by atoms with Gasteiger partial charge in [0.2, 0.25) is 0 Å². The van der Waals surface area contributed by atoms with Crippen molar-refractivity contribution in [1.82, 2.24) is 10.6 Å². The molecule has 2 N–H and O–H groups in total. The van der Waals surface area contributed by atoms with Crippen LogP contribution < -0.4 is 15.4 Å². The summed E-state index contributed by atoms with van der Waals surface area (Å²) in [5.74, 6) is 0.857. The molecule has 0 radical (unpaired) electrons. The average molecular weight is 314 g/mol. The second-order valence-corrected chi connectivity index (χ2v) is 5.72. The largest absolute Gasteiger partial charge is 0.497 e. The molecule has 116 valence electrons. The summed E-state index contributed by atoms with van der Waals surface area (Å²) in [4.78, 5) is 0. The first-order valence-electron chi connectivity index (χ1n) is 7.32. The van der Waals surface area contributed by atoms with Crippen molar-refractivity contribution in [3.63, 3.8) is 0 Å². The third-order valence-corrected chi connectivity index (χ3v) is 3.80. The van der Waals surface area contributed by atoms with Gasteiger partial charge in [0, 0.05) is 6.54 Å². The van der Waals surface area contributed by atoms with Gasteiger partial charge in [0.05, 0.1) is 13.2 Å². The Morgan fingerprint density at radius 3 is 2.32 bits per heavy atom. The molecule has 0 saturated heterocycles. The SMILES string of the molecule is COc1ccc([C@@H](C)NC(=S)NCc2ccc(C)cc2)cc1. The van der Waals surface area contributed by atoms with Crippen LogP contribution in [-0.4, -0.2) is 12.2 Å². The molecular formula is C18H22N2OS. The van der Waals surface area contributed by atoms with E-state index >= 15 is 0 Å². The van der Waals surface area contributed by atoms with Gasteiger partial charge in [0.1, 0.15) is 5.75 Å². The van der Waals surface area contributed by atoms with Crippen LogP contribution in [0.3, 0.4) is 0 Å². The van der Waals surface area contributed by atoms with Crippen molar-refractivity contribution in [2.24, 2.45) is 0 Å².